The van der Waals surface area contributed by atoms with Crippen LogP contribution in [-0.2, 0) is 47.4 Å². The molecule has 3 saturated heterocycles. The monoisotopic (exact) mass is 492 g/mol. The molecule has 0 aromatic carbocycles. The van der Waals surface area contributed by atoms with Crippen LogP contribution in [0.5, 0.6) is 0 Å². The molecule has 0 saturated carbocycles. The van der Waals surface area contributed by atoms with Crippen molar-refractivity contribution in [3.05, 3.63) is 0 Å². The van der Waals surface area contributed by atoms with Crippen molar-refractivity contribution in [1.82, 2.24) is 0 Å². The molecule has 34 heavy (non-hydrogen) atoms. The van der Waals surface area contributed by atoms with Crippen LogP contribution in [0, 0.1) is 5.92 Å². The molecule has 0 bridgehead atoms. The summed E-state index contributed by atoms with van der Waals surface area (Å²) in [6.45, 7) is 2.63. The molecule has 0 N–H and O–H groups in total. The van der Waals surface area contributed by atoms with E-state index in [1.165, 1.54) is 0 Å². The minimum atomic E-state index is -0.691. The Hall–Kier alpha value is -2.35. The van der Waals surface area contributed by atoms with Crippen LogP contribution in [-0.4, -0.2) is 109 Å². The summed E-state index contributed by atoms with van der Waals surface area (Å²) >= 11 is 0. The molecule has 3 rings (SSSR count). The molecule has 0 spiro atoms. The average molecular weight is 492 g/mol. The quantitative estimate of drug-likeness (QED) is 0.164. The van der Waals surface area contributed by atoms with Crippen LogP contribution in [0.2, 0.25) is 0 Å². The van der Waals surface area contributed by atoms with Gasteiger partial charge in [0.15, 0.2) is 12.2 Å². The van der Waals surface area contributed by atoms with E-state index in [0.717, 1.165) is 0 Å². The Morgan fingerprint density at radius 3 is 1.85 bits per heavy atom. The smallest absolute Gasteiger partial charge is 0.430 e. The third kappa shape index (κ3) is 9.49. The maximum Gasteiger partial charge on any atom is 0.508 e. The van der Waals surface area contributed by atoms with Crippen molar-refractivity contribution in [2.75, 3.05) is 66.6 Å². The Morgan fingerprint density at radius 2 is 1.29 bits per heavy atom. The maximum atomic E-state index is 11.1. The molecular weight excluding hydrogens is 460 g/mol. The highest BCUT2D eigenvalue weighted by Gasteiger charge is 2.28. The Balaban J connectivity index is 1.32. The highest BCUT2D eigenvalue weighted by Crippen LogP contribution is 2.18. The Labute approximate surface area is 197 Å². The highest BCUT2D eigenvalue weighted by molar-refractivity contribution is 5.62. The molecule has 194 valence electrons. The summed E-state index contributed by atoms with van der Waals surface area (Å²) in [5.41, 5.74) is 0. The molecule has 0 aromatic heterocycles. The van der Waals surface area contributed by atoms with E-state index in [0.29, 0.717) is 45.7 Å². The number of hydrogen-bond acceptors (Lipinski definition) is 13. The fraction of sp³-hybridized carbons (Fsp3) is 0.857. The number of carbonyl (C=O) groups is 3. The largest absolute Gasteiger partial charge is 0.508 e. The lowest BCUT2D eigenvalue weighted by molar-refractivity contribution is -0.0400. The summed E-state index contributed by atoms with van der Waals surface area (Å²) in [6, 6.07) is 0. The summed E-state index contributed by atoms with van der Waals surface area (Å²) in [6.07, 6.45) is -1.38. The first-order chi connectivity index (χ1) is 16.5. The van der Waals surface area contributed by atoms with Crippen molar-refractivity contribution in [1.29, 1.82) is 0 Å². The Morgan fingerprint density at radius 1 is 0.735 bits per heavy atom. The van der Waals surface area contributed by atoms with Gasteiger partial charge in [-0.05, 0) is 19.3 Å². The zero-order chi connectivity index (χ0) is 24.2. The van der Waals surface area contributed by atoms with Crippen molar-refractivity contribution in [2.24, 2.45) is 5.92 Å². The fourth-order valence-corrected chi connectivity index (χ4v) is 3.47. The standard InChI is InChI=1S/C21H32O13/c1-25-15(4-5-26-9-17-12-30-20(23)33-17)8-27-6-14(2-3-16-11-29-19(22)32-16)7-28-10-18-13-31-21(24)34-18/h14-18H,2-13H2,1H3. The fourth-order valence-electron chi connectivity index (χ4n) is 3.47. The predicted molar refractivity (Wildman–Crippen MR) is 109 cm³/mol. The van der Waals surface area contributed by atoms with Gasteiger partial charge < -0.3 is 47.4 Å². The zero-order valence-corrected chi connectivity index (χ0v) is 19.2. The van der Waals surface area contributed by atoms with Gasteiger partial charge in [0.25, 0.3) is 0 Å². The molecule has 13 heteroatoms. The van der Waals surface area contributed by atoms with E-state index in [1.54, 1.807) is 7.11 Å². The normalized spacial score (nSPS) is 25.7. The van der Waals surface area contributed by atoms with Crippen molar-refractivity contribution in [3.63, 3.8) is 0 Å². The van der Waals surface area contributed by atoms with E-state index >= 15 is 0 Å². The van der Waals surface area contributed by atoms with E-state index in [9.17, 15) is 14.4 Å². The van der Waals surface area contributed by atoms with Gasteiger partial charge in [-0.25, -0.2) is 14.4 Å². The van der Waals surface area contributed by atoms with E-state index in [4.69, 9.17) is 47.4 Å². The third-order valence-electron chi connectivity index (χ3n) is 5.38. The third-order valence-corrected chi connectivity index (χ3v) is 5.38. The topological polar surface area (TPSA) is 144 Å². The average Bonchev–Trinajstić information content (AvgIpc) is 3.54. The van der Waals surface area contributed by atoms with Gasteiger partial charge in [0, 0.05) is 19.6 Å². The number of cyclic esters (lactones) is 6. The first-order valence-corrected chi connectivity index (χ1v) is 11.3. The van der Waals surface area contributed by atoms with Gasteiger partial charge in [0.1, 0.15) is 25.9 Å². The van der Waals surface area contributed by atoms with Gasteiger partial charge in [-0.3, -0.25) is 0 Å². The lowest BCUT2D eigenvalue weighted by Crippen LogP contribution is -2.27. The van der Waals surface area contributed by atoms with Gasteiger partial charge >= 0.3 is 18.5 Å². The van der Waals surface area contributed by atoms with E-state index in [-0.39, 0.29) is 57.3 Å². The zero-order valence-electron chi connectivity index (χ0n) is 19.2. The van der Waals surface area contributed by atoms with Gasteiger partial charge in [-0.15, -0.1) is 0 Å². The number of carbonyl (C=O) groups excluding carboxylic acids is 3. The van der Waals surface area contributed by atoms with Crippen LogP contribution >= 0.6 is 0 Å². The molecule has 3 aliphatic heterocycles. The van der Waals surface area contributed by atoms with Crippen LogP contribution in [0.3, 0.4) is 0 Å². The second kappa shape index (κ2) is 14.1. The molecule has 0 amide bonds. The van der Waals surface area contributed by atoms with Crippen LogP contribution in [0.15, 0.2) is 0 Å². The van der Waals surface area contributed by atoms with Crippen LogP contribution in [0.25, 0.3) is 0 Å². The van der Waals surface area contributed by atoms with Crippen LogP contribution < -0.4 is 0 Å². The summed E-state index contributed by atoms with van der Waals surface area (Å²) in [5, 5.41) is 0. The molecule has 13 nitrogen and oxygen atoms in total. The SMILES string of the molecule is COC(CCOCC1COC(=O)O1)COCC(CCC1COC(=O)O1)COCC1COC(=O)O1. The maximum absolute atomic E-state index is 11.1. The minimum absolute atomic E-state index is 0.0168. The summed E-state index contributed by atoms with van der Waals surface area (Å²) in [7, 11) is 1.60. The predicted octanol–water partition coefficient (Wildman–Crippen LogP) is 1.44. The first kappa shape index (κ1) is 26.3. The van der Waals surface area contributed by atoms with Crippen molar-refractivity contribution in [3.8, 4) is 0 Å². The minimum Gasteiger partial charge on any atom is -0.430 e. The second-order valence-electron chi connectivity index (χ2n) is 8.14. The van der Waals surface area contributed by atoms with Crippen LogP contribution in [0.4, 0.5) is 14.4 Å². The van der Waals surface area contributed by atoms with E-state index in [1.807, 2.05) is 0 Å². The molecular formula is C21H32O13. The van der Waals surface area contributed by atoms with Crippen molar-refractivity contribution >= 4 is 18.5 Å². The molecule has 3 fully saturated rings. The number of methoxy groups -OCH3 is 1. The van der Waals surface area contributed by atoms with Gasteiger partial charge in [0.2, 0.25) is 0 Å². The summed E-state index contributed by atoms with van der Waals surface area (Å²) < 4.78 is 51.8. The molecule has 0 radical (unpaired) electrons. The molecule has 0 aliphatic carbocycles. The number of ether oxygens (including phenoxy) is 10. The molecule has 0 aromatic rings. The van der Waals surface area contributed by atoms with Crippen molar-refractivity contribution < 1.29 is 61.8 Å². The number of hydrogen-bond donors (Lipinski definition) is 0. The van der Waals surface area contributed by atoms with Crippen LogP contribution in [0.1, 0.15) is 19.3 Å². The Kier molecular flexibility index (Phi) is 10.9. The van der Waals surface area contributed by atoms with Gasteiger partial charge in [0.05, 0.1) is 39.1 Å². The first-order valence-electron chi connectivity index (χ1n) is 11.3. The molecule has 3 aliphatic rings. The van der Waals surface area contributed by atoms with Gasteiger partial charge in [-0.1, -0.05) is 0 Å². The Bertz CT molecular complexity index is 657. The molecule has 3 heterocycles. The lowest BCUT2D eigenvalue weighted by atomic mass is 10.0. The highest BCUT2D eigenvalue weighted by atomic mass is 16.8. The van der Waals surface area contributed by atoms with E-state index in [2.05, 4.69) is 0 Å². The summed E-state index contributed by atoms with van der Waals surface area (Å²) in [5.74, 6) is 0.0168. The van der Waals surface area contributed by atoms with Crippen molar-refractivity contribution in [2.45, 2.75) is 43.7 Å². The second-order valence-corrected chi connectivity index (χ2v) is 8.14. The number of rotatable bonds is 17. The van der Waals surface area contributed by atoms with E-state index < -0.39 is 24.6 Å². The molecule has 5 atom stereocenters. The summed E-state index contributed by atoms with van der Waals surface area (Å²) in [4.78, 5) is 33.0. The van der Waals surface area contributed by atoms with Gasteiger partial charge in [-0.2, -0.15) is 0 Å². The molecule has 5 unspecified atom stereocenters. The lowest BCUT2D eigenvalue weighted by Gasteiger charge is -2.21.